The van der Waals surface area contributed by atoms with Crippen LogP contribution in [-0.2, 0) is 10.5 Å². The van der Waals surface area contributed by atoms with Gasteiger partial charge in [0.2, 0.25) is 0 Å². The molecule has 0 fully saturated rings. The van der Waals surface area contributed by atoms with Crippen molar-refractivity contribution in [3.8, 4) is 6.07 Å². The Morgan fingerprint density at radius 2 is 1.38 bits per heavy atom. The molecule has 1 aliphatic rings. The van der Waals surface area contributed by atoms with Gasteiger partial charge in [-0.05, 0) is 48.9 Å². The number of benzene rings is 2. The molecule has 0 amide bonds. The van der Waals surface area contributed by atoms with Gasteiger partial charge in [0.05, 0.1) is 31.3 Å². The number of nitriles is 1. The van der Waals surface area contributed by atoms with Crippen LogP contribution in [0.2, 0.25) is 0 Å². The van der Waals surface area contributed by atoms with Crippen molar-refractivity contribution in [1.29, 1.82) is 5.26 Å². The highest BCUT2D eigenvalue weighted by atomic mass is 16.5. The minimum absolute atomic E-state index is 0.417. The van der Waals surface area contributed by atoms with Gasteiger partial charge in [-0.15, -0.1) is 0 Å². The topological polar surface area (TPSA) is 45.0 Å². The predicted octanol–water partition coefficient (Wildman–Crippen LogP) is 8.43. The third kappa shape index (κ3) is 6.57. The quantitative estimate of drug-likeness (QED) is 0.185. The van der Waals surface area contributed by atoms with E-state index >= 15 is 0 Å². The molecule has 0 aromatic heterocycles. The zero-order chi connectivity index (χ0) is 26.6. The third-order valence-corrected chi connectivity index (χ3v) is 7.97. The molecule has 1 N–H and O–H groups in total. The summed E-state index contributed by atoms with van der Waals surface area (Å²) < 4.78 is 8.32. The van der Waals surface area contributed by atoms with Crippen LogP contribution in [0.1, 0.15) is 108 Å². The molecule has 0 bridgehead atoms. The first-order chi connectivity index (χ1) is 18.1. The number of nitrogens with zero attached hydrogens (tertiary/aromatic N) is 2. The van der Waals surface area contributed by atoms with Gasteiger partial charge in [0.25, 0.3) is 5.72 Å². The lowest BCUT2D eigenvalue weighted by atomic mass is 9.89. The SMILES string of the molecule is CCCCC(OC1=Cc2ccccc2C(C#N)N1)(c1ccccc1)[N+](CCCC)(CCCC)CCCC. The summed E-state index contributed by atoms with van der Waals surface area (Å²) in [4.78, 5) is 0. The fraction of sp³-hybridized carbons (Fsp3) is 0.545. The summed E-state index contributed by atoms with van der Waals surface area (Å²) in [5.41, 5.74) is 2.80. The van der Waals surface area contributed by atoms with Crippen LogP contribution in [0.3, 0.4) is 0 Å². The van der Waals surface area contributed by atoms with Gasteiger partial charge < -0.3 is 10.1 Å². The summed E-state index contributed by atoms with van der Waals surface area (Å²) in [5.74, 6) is 0.720. The van der Waals surface area contributed by atoms with Crippen LogP contribution in [0.15, 0.2) is 60.5 Å². The largest absolute Gasteiger partial charge is 0.421 e. The molecule has 0 radical (unpaired) electrons. The summed E-state index contributed by atoms with van der Waals surface area (Å²) in [6, 6.07) is 21.2. The number of rotatable bonds is 16. The Balaban J connectivity index is 2.23. The Hall–Kier alpha value is -2.77. The van der Waals surface area contributed by atoms with Gasteiger partial charge in [0.1, 0.15) is 6.04 Å². The monoisotopic (exact) mass is 502 g/mol. The molecule has 2 atom stereocenters. The maximum absolute atomic E-state index is 10.0. The molecule has 4 heteroatoms. The molecule has 2 aromatic carbocycles. The highest BCUT2D eigenvalue weighted by molar-refractivity contribution is 5.60. The lowest BCUT2D eigenvalue weighted by Gasteiger charge is -2.53. The van der Waals surface area contributed by atoms with Crippen molar-refractivity contribution in [1.82, 2.24) is 5.32 Å². The number of hydrogen-bond donors (Lipinski definition) is 1. The summed E-state index contributed by atoms with van der Waals surface area (Å²) in [7, 11) is 0. The van der Waals surface area contributed by atoms with E-state index in [1.165, 1.54) is 44.1 Å². The average molecular weight is 503 g/mol. The van der Waals surface area contributed by atoms with E-state index in [-0.39, 0.29) is 0 Å². The van der Waals surface area contributed by atoms with Crippen LogP contribution >= 0.6 is 0 Å². The molecule has 0 aliphatic carbocycles. The maximum Gasteiger partial charge on any atom is 0.271 e. The molecule has 2 aromatic rings. The smallest absolute Gasteiger partial charge is 0.271 e. The van der Waals surface area contributed by atoms with E-state index in [0.717, 1.165) is 60.4 Å². The van der Waals surface area contributed by atoms with Crippen molar-refractivity contribution < 1.29 is 9.22 Å². The Labute approximate surface area is 225 Å². The highest BCUT2D eigenvalue weighted by Crippen LogP contribution is 2.45. The van der Waals surface area contributed by atoms with E-state index in [9.17, 15) is 5.26 Å². The molecule has 0 saturated heterocycles. The van der Waals surface area contributed by atoms with Crippen molar-refractivity contribution in [2.24, 2.45) is 0 Å². The highest BCUT2D eigenvalue weighted by Gasteiger charge is 2.54. The zero-order valence-electron chi connectivity index (χ0n) is 23.6. The van der Waals surface area contributed by atoms with Crippen LogP contribution < -0.4 is 5.32 Å². The van der Waals surface area contributed by atoms with E-state index in [0.29, 0.717) is 0 Å². The van der Waals surface area contributed by atoms with Crippen LogP contribution in [0.4, 0.5) is 0 Å². The molecule has 0 spiro atoms. The summed E-state index contributed by atoms with van der Waals surface area (Å²) in [6.07, 6.45) is 12.3. The molecule has 1 aliphatic heterocycles. The normalized spacial score (nSPS) is 16.6. The Bertz CT molecular complexity index is 1000. The molecule has 200 valence electrons. The van der Waals surface area contributed by atoms with E-state index in [1.807, 2.05) is 18.2 Å². The maximum atomic E-state index is 10.0. The van der Waals surface area contributed by atoms with Crippen LogP contribution in [-0.4, -0.2) is 24.1 Å². The Morgan fingerprint density at radius 1 is 0.811 bits per heavy atom. The van der Waals surface area contributed by atoms with Gasteiger partial charge in [0.15, 0.2) is 5.88 Å². The lowest BCUT2D eigenvalue weighted by molar-refractivity contribution is -1.01. The zero-order valence-corrected chi connectivity index (χ0v) is 23.6. The summed E-state index contributed by atoms with van der Waals surface area (Å²) in [5, 5.41) is 13.5. The molecular weight excluding hydrogens is 454 g/mol. The third-order valence-electron chi connectivity index (χ3n) is 7.97. The number of fused-ring (bicyclic) bond motifs is 1. The molecule has 3 rings (SSSR count). The summed E-state index contributed by atoms with van der Waals surface area (Å²) in [6.45, 7) is 12.5. The number of quaternary nitrogens is 1. The van der Waals surface area contributed by atoms with E-state index in [2.05, 4.69) is 81.6 Å². The lowest BCUT2D eigenvalue weighted by Crippen LogP contribution is -2.65. The second kappa shape index (κ2) is 14.2. The van der Waals surface area contributed by atoms with Crippen molar-refractivity contribution >= 4 is 6.08 Å². The van der Waals surface area contributed by atoms with Crippen LogP contribution in [0.5, 0.6) is 0 Å². The fourth-order valence-corrected chi connectivity index (χ4v) is 5.89. The first-order valence-corrected chi connectivity index (χ1v) is 14.7. The number of nitrogens with one attached hydrogen (secondary N) is 1. The first-order valence-electron chi connectivity index (χ1n) is 14.7. The first kappa shape index (κ1) is 28.8. The van der Waals surface area contributed by atoms with Gasteiger partial charge in [-0.25, -0.2) is 0 Å². The molecular formula is C33H48N3O+. The Kier molecular flexibility index (Phi) is 11.1. The van der Waals surface area contributed by atoms with Gasteiger partial charge in [0, 0.05) is 12.5 Å². The van der Waals surface area contributed by atoms with Crippen molar-refractivity contribution in [3.05, 3.63) is 77.2 Å². The van der Waals surface area contributed by atoms with Crippen molar-refractivity contribution in [3.63, 3.8) is 0 Å². The van der Waals surface area contributed by atoms with Gasteiger partial charge >= 0.3 is 0 Å². The van der Waals surface area contributed by atoms with Crippen LogP contribution in [0.25, 0.3) is 6.08 Å². The van der Waals surface area contributed by atoms with E-state index in [1.54, 1.807) is 0 Å². The second-order valence-corrected chi connectivity index (χ2v) is 10.6. The van der Waals surface area contributed by atoms with Crippen molar-refractivity contribution in [2.45, 2.75) is 97.2 Å². The average Bonchev–Trinajstić information content (AvgIpc) is 2.95. The number of unbranched alkanes of at least 4 members (excludes halogenated alkanes) is 4. The minimum atomic E-state index is -0.526. The second-order valence-electron chi connectivity index (χ2n) is 10.6. The molecule has 37 heavy (non-hydrogen) atoms. The van der Waals surface area contributed by atoms with Crippen molar-refractivity contribution in [2.75, 3.05) is 19.6 Å². The van der Waals surface area contributed by atoms with Gasteiger partial charge in [-0.1, -0.05) is 95.8 Å². The fourth-order valence-electron chi connectivity index (χ4n) is 5.89. The number of ether oxygens (including phenoxy) is 1. The molecule has 1 heterocycles. The molecule has 4 nitrogen and oxygen atoms in total. The number of hydrogen-bond acceptors (Lipinski definition) is 3. The van der Waals surface area contributed by atoms with Gasteiger partial charge in [-0.2, -0.15) is 5.26 Å². The van der Waals surface area contributed by atoms with E-state index in [4.69, 9.17) is 4.74 Å². The summed E-state index contributed by atoms with van der Waals surface area (Å²) >= 11 is 0. The minimum Gasteiger partial charge on any atom is -0.421 e. The standard InChI is InChI=1S/C33H48N3O/c1-5-9-22-33(29-19-14-13-15-20-29,36(23-10-6-2,24-11-7-3)25-12-8-4)37-32-26-28-18-16-17-21-30(28)31(27-34)35-32/h13-21,26,31,35H,5-12,22-25H2,1-4H3/q+1. The van der Waals surface area contributed by atoms with Gasteiger partial charge in [-0.3, -0.25) is 4.48 Å². The molecule has 0 saturated carbocycles. The Morgan fingerprint density at radius 3 is 1.95 bits per heavy atom. The van der Waals surface area contributed by atoms with E-state index < -0.39 is 11.8 Å². The molecule has 2 unspecified atom stereocenters. The van der Waals surface area contributed by atoms with Crippen LogP contribution in [0, 0.1) is 11.3 Å². The predicted molar refractivity (Wildman–Crippen MR) is 154 cm³/mol.